The van der Waals surface area contributed by atoms with Crippen molar-refractivity contribution in [3.63, 3.8) is 0 Å². The number of aromatic nitrogens is 1. The van der Waals surface area contributed by atoms with E-state index in [2.05, 4.69) is 10.3 Å². The van der Waals surface area contributed by atoms with Gasteiger partial charge in [0.2, 0.25) is 17.7 Å². The molecule has 2 bridgehead atoms. The number of allylic oxidation sites excluding steroid dienone is 2. The fourth-order valence-corrected chi connectivity index (χ4v) is 5.85. The van der Waals surface area contributed by atoms with Crippen molar-refractivity contribution < 1.29 is 18.8 Å². The van der Waals surface area contributed by atoms with Crippen LogP contribution in [-0.4, -0.2) is 27.6 Å². The van der Waals surface area contributed by atoms with Gasteiger partial charge >= 0.3 is 0 Å². The highest BCUT2D eigenvalue weighted by atomic mass is 19.1. The third kappa shape index (κ3) is 3.31. The van der Waals surface area contributed by atoms with Crippen LogP contribution in [0.4, 0.5) is 10.1 Å². The smallest absolute Gasteiger partial charge is 0.234 e. The Balaban J connectivity index is 1.29. The number of imide groups is 1. The van der Waals surface area contributed by atoms with E-state index in [1.54, 1.807) is 18.3 Å². The molecule has 6 nitrogen and oxygen atoms in total. The van der Waals surface area contributed by atoms with Crippen molar-refractivity contribution in [3.05, 3.63) is 84.3 Å². The maximum absolute atomic E-state index is 14.1. The van der Waals surface area contributed by atoms with Crippen LogP contribution in [0.3, 0.4) is 0 Å². The molecule has 3 aromatic rings. The van der Waals surface area contributed by atoms with Crippen LogP contribution in [0.2, 0.25) is 0 Å². The van der Waals surface area contributed by atoms with Crippen molar-refractivity contribution in [3.8, 4) is 0 Å². The van der Waals surface area contributed by atoms with Crippen LogP contribution in [0.5, 0.6) is 0 Å². The van der Waals surface area contributed by atoms with Gasteiger partial charge in [0.1, 0.15) is 5.82 Å². The molecule has 3 amide bonds. The zero-order chi connectivity index (χ0) is 23.4. The first-order chi connectivity index (χ1) is 16.5. The molecule has 6 rings (SSSR count). The maximum Gasteiger partial charge on any atom is 0.234 e. The van der Waals surface area contributed by atoms with E-state index in [1.165, 1.54) is 23.1 Å². The summed E-state index contributed by atoms with van der Waals surface area (Å²) in [6.45, 7) is 0. The van der Waals surface area contributed by atoms with Gasteiger partial charge in [0.05, 0.1) is 29.8 Å². The summed E-state index contributed by atoms with van der Waals surface area (Å²) < 4.78 is 14.1. The summed E-state index contributed by atoms with van der Waals surface area (Å²) in [5.74, 6) is -2.00. The van der Waals surface area contributed by atoms with Crippen LogP contribution in [0, 0.1) is 29.5 Å². The first-order valence-corrected chi connectivity index (χ1v) is 11.4. The molecule has 1 aromatic heterocycles. The zero-order valence-electron chi connectivity index (χ0n) is 18.2. The molecule has 1 aliphatic heterocycles. The minimum Gasteiger partial charge on any atom is -0.326 e. The van der Waals surface area contributed by atoms with Gasteiger partial charge < -0.3 is 5.32 Å². The summed E-state index contributed by atoms with van der Waals surface area (Å²) in [6.07, 6.45) is 6.42. The standard InChI is InChI=1S/C27H22FN3O3/c28-19-5-1-3-16(12-19)22(31-26(33)24-17-6-7-18(11-17)25(24)27(31)34)14-23(32)30-20-8-9-21-15(13-20)4-2-10-29-21/h1-10,12-13,17-18,22,24-25H,11,14H2,(H,30,32). The number of amides is 3. The predicted molar refractivity (Wildman–Crippen MR) is 124 cm³/mol. The molecular weight excluding hydrogens is 433 g/mol. The summed E-state index contributed by atoms with van der Waals surface area (Å²) >= 11 is 0. The molecule has 5 unspecified atom stereocenters. The summed E-state index contributed by atoms with van der Waals surface area (Å²) in [4.78, 5) is 45.4. The number of nitrogens with zero attached hydrogens (tertiary/aromatic N) is 2. The normalized spacial score (nSPS) is 25.7. The molecule has 2 aromatic carbocycles. The average Bonchev–Trinajstić information content (AvgIpc) is 3.51. The zero-order valence-corrected chi connectivity index (χ0v) is 18.2. The Bertz CT molecular complexity index is 1340. The molecule has 2 aliphatic carbocycles. The summed E-state index contributed by atoms with van der Waals surface area (Å²) in [7, 11) is 0. The summed E-state index contributed by atoms with van der Waals surface area (Å²) in [5, 5.41) is 3.74. The second-order valence-corrected chi connectivity index (χ2v) is 9.28. The molecule has 2 fully saturated rings. The van der Waals surface area contributed by atoms with Crippen LogP contribution >= 0.6 is 0 Å². The Labute approximate surface area is 195 Å². The number of rotatable bonds is 5. The van der Waals surface area contributed by atoms with Crippen LogP contribution in [0.15, 0.2) is 72.9 Å². The number of fused-ring (bicyclic) bond motifs is 6. The third-order valence-electron chi connectivity index (χ3n) is 7.32. The quantitative estimate of drug-likeness (QED) is 0.461. The van der Waals surface area contributed by atoms with Crippen molar-refractivity contribution in [1.29, 1.82) is 0 Å². The molecule has 1 saturated heterocycles. The lowest BCUT2D eigenvalue weighted by atomic mass is 9.85. The van der Waals surface area contributed by atoms with E-state index in [0.29, 0.717) is 11.3 Å². The highest BCUT2D eigenvalue weighted by Crippen LogP contribution is 2.54. The number of pyridine rings is 1. The first kappa shape index (κ1) is 20.7. The van der Waals surface area contributed by atoms with E-state index in [9.17, 15) is 18.8 Å². The summed E-state index contributed by atoms with van der Waals surface area (Å²) in [6, 6.07) is 14.0. The van der Waals surface area contributed by atoms with Gasteiger partial charge in [-0.25, -0.2) is 4.39 Å². The van der Waals surface area contributed by atoms with Gasteiger partial charge in [-0.3, -0.25) is 24.3 Å². The van der Waals surface area contributed by atoms with E-state index < -0.39 is 11.9 Å². The molecule has 0 radical (unpaired) electrons. The molecule has 7 heteroatoms. The summed E-state index contributed by atoms with van der Waals surface area (Å²) in [5.41, 5.74) is 1.82. The Morgan fingerprint density at radius 3 is 2.53 bits per heavy atom. The molecule has 2 heterocycles. The molecule has 5 atom stereocenters. The van der Waals surface area contributed by atoms with Crippen molar-refractivity contribution in [2.45, 2.75) is 18.9 Å². The number of carbonyl (C=O) groups excluding carboxylic acids is 3. The van der Waals surface area contributed by atoms with E-state index in [1.807, 2.05) is 36.4 Å². The Hall–Kier alpha value is -3.87. The molecular formula is C27H22FN3O3. The van der Waals surface area contributed by atoms with Gasteiger partial charge in [-0.2, -0.15) is 0 Å². The van der Waals surface area contributed by atoms with Crippen molar-refractivity contribution in [1.82, 2.24) is 9.88 Å². The minimum absolute atomic E-state index is 0.0599. The van der Waals surface area contributed by atoms with Gasteiger partial charge in [-0.15, -0.1) is 0 Å². The molecule has 0 spiro atoms. The van der Waals surface area contributed by atoms with E-state index in [0.717, 1.165) is 17.3 Å². The number of anilines is 1. The lowest BCUT2D eigenvalue weighted by molar-refractivity contribution is -0.144. The number of hydrogen-bond donors (Lipinski definition) is 1. The first-order valence-electron chi connectivity index (χ1n) is 11.4. The van der Waals surface area contributed by atoms with E-state index in [-0.39, 0.29) is 47.8 Å². The van der Waals surface area contributed by atoms with Gasteiger partial charge in [-0.05, 0) is 60.2 Å². The number of benzene rings is 2. The second-order valence-electron chi connectivity index (χ2n) is 9.28. The number of nitrogens with one attached hydrogen (secondary N) is 1. The third-order valence-corrected chi connectivity index (χ3v) is 7.32. The largest absolute Gasteiger partial charge is 0.326 e. The van der Waals surface area contributed by atoms with Crippen LogP contribution in [0.25, 0.3) is 10.9 Å². The van der Waals surface area contributed by atoms with Gasteiger partial charge in [-0.1, -0.05) is 30.4 Å². The van der Waals surface area contributed by atoms with Crippen LogP contribution < -0.4 is 5.32 Å². The number of carbonyl (C=O) groups is 3. The Morgan fingerprint density at radius 1 is 1.03 bits per heavy atom. The van der Waals surface area contributed by atoms with Crippen molar-refractivity contribution >= 4 is 34.3 Å². The average molecular weight is 455 g/mol. The van der Waals surface area contributed by atoms with Gasteiger partial charge in [0.25, 0.3) is 0 Å². The van der Waals surface area contributed by atoms with Crippen LogP contribution in [0.1, 0.15) is 24.4 Å². The monoisotopic (exact) mass is 455 g/mol. The molecule has 3 aliphatic rings. The Kier molecular flexibility index (Phi) is 4.79. The topological polar surface area (TPSA) is 79.4 Å². The van der Waals surface area contributed by atoms with Crippen molar-refractivity contribution in [2.24, 2.45) is 23.7 Å². The molecule has 170 valence electrons. The number of halogens is 1. The van der Waals surface area contributed by atoms with Gasteiger partial charge in [0, 0.05) is 17.3 Å². The van der Waals surface area contributed by atoms with Crippen LogP contribution in [-0.2, 0) is 14.4 Å². The fraction of sp³-hybridized carbons (Fsp3) is 0.259. The molecule has 1 saturated carbocycles. The lowest BCUT2D eigenvalue weighted by Crippen LogP contribution is -2.38. The molecule has 34 heavy (non-hydrogen) atoms. The maximum atomic E-state index is 14.1. The SMILES string of the molecule is O=C(CC(c1cccc(F)c1)N1C(=O)C2C3C=CC(C3)C2C1=O)Nc1ccc2ncccc2c1. The van der Waals surface area contributed by atoms with Crippen molar-refractivity contribution in [2.75, 3.05) is 5.32 Å². The number of likely N-dealkylation sites (tertiary alicyclic amines) is 1. The van der Waals surface area contributed by atoms with Gasteiger partial charge in [0.15, 0.2) is 0 Å². The lowest BCUT2D eigenvalue weighted by Gasteiger charge is -2.28. The second kappa shape index (κ2) is 7.87. The highest BCUT2D eigenvalue weighted by Gasteiger charge is 2.60. The fourth-order valence-electron chi connectivity index (χ4n) is 5.85. The highest BCUT2D eigenvalue weighted by molar-refractivity contribution is 6.07. The molecule has 1 N–H and O–H groups in total. The van der Waals surface area contributed by atoms with E-state index in [4.69, 9.17) is 0 Å². The predicted octanol–water partition coefficient (Wildman–Crippen LogP) is 4.25. The minimum atomic E-state index is -0.872. The number of hydrogen-bond acceptors (Lipinski definition) is 4. The van der Waals surface area contributed by atoms with E-state index >= 15 is 0 Å². The Morgan fingerprint density at radius 2 is 1.79 bits per heavy atom.